The fraction of sp³-hybridized carbons (Fsp3) is 0. The van der Waals surface area contributed by atoms with E-state index in [1.54, 1.807) is 12.1 Å². The van der Waals surface area contributed by atoms with E-state index in [0.29, 0.717) is 5.69 Å². The van der Waals surface area contributed by atoms with Crippen LogP contribution in [0.1, 0.15) is 0 Å². The molecule has 18 heavy (non-hydrogen) atoms. The molecular weight excluding hydrogens is 341 g/mol. The summed E-state index contributed by atoms with van der Waals surface area (Å²) in [6, 6.07) is 15.5. The van der Waals surface area contributed by atoms with Crippen molar-refractivity contribution in [2.24, 2.45) is 0 Å². The van der Waals surface area contributed by atoms with E-state index in [1.807, 2.05) is 35.0 Å². The highest BCUT2D eigenvalue weighted by Crippen LogP contribution is 2.23. The van der Waals surface area contributed by atoms with Crippen LogP contribution in [0.5, 0.6) is 0 Å². The number of quaternary nitrogens is 1. The Labute approximate surface area is 117 Å². The highest BCUT2D eigenvalue weighted by atomic mass is 127. The second-order valence-electron chi connectivity index (χ2n) is 3.93. The summed E-state index contributed by atoms with van der Waals surface area (Å²) in [5.41, 5.74) is 3.54. The van der Waals surface area contributed by atoms with Crippen molar-refractivity contribution in [1.82, 2.24) is 9.78 Å². The van der Waals surface area contributed by atoms with Crippen LogP contribution in [0.4, 0.5) is 5.69 Å². The summed E-state index contributed by atoms with van der Waals surface area (Å²) in [6.07, 6.45) is 0. The maximum Gasteiger partial charge on any atom is 0.131 e. The average Bonchev–Trinajstić information content (AvgIpc) is 2.77. The first kappa shape index (κ1) is 11.6. The fourth-order valence-electron chi connectivity index (χ4n) is 1.92. The number of rotatable bonds is 2. The SMILES string of the molecule is [O-][NH2+]c1ccc(-n2nc(I)c3ccccc32)cc1. The summed E-state index contributed by atoms with van der Waals surface area (Å²) >= 11 is 2.23. The van der Waals surface area contributed by atoms with Crippen molar-refractivity contribution >= 4 is 39.2 Å². The standard InChI is InChI=1S/C13H10IN3O/c14-13-11-3-1-2-4-12(11)17(15-13)10-7-5-9(16-18)6-8-10/h1-8H,16H2. The zero-order valence-corrected chi connectivity index (χ0v) is 11.5. The topological polar surface area (TPSA) is 57.5 Å². The number of aromatic nitrogens is 2. The summed E-state index contributed by atoms with van der Waals surface area (Å²) in [7, 11) is 0. The maximum absolute atomic E-state index is 10.6. The van der Waals surface area contributed by atoms with Gasteiger partial charge in [-0.25, -0.2) is 4.68 Å². The number of para-hydroxylation sites is 1. The Morgan fingerprint density at radius 3 is 2.50 bits per heavy atom. The highest BCUT2D eigenvalue weighted by molar-refractivity contribution is 14.1. The van der Waals surface area contributed by atoms with Gasteiger partial charge in [0, 0.05) is 17.5 Å². The van der Waals surface area contributed by atoms with Crippen LogP contribution in [-0.2, 0) is 0 Å². The van der Waals surface area contributed by atoms with Crippen LogP contribution in [-0.4, -0.2) is 9.78 Å². The van der Waals surface area contributed by atoms with Gasteiger partial charge in [-0.1, -0.05) is 18.2 Å². The second-order valence-corrected chi connectivity index (χ2v) is 4.95. The molecule has 0 bridgehead atoms. The van der Waals surface area contributed by atoms with E-state index in [2.05, 4.69) is 33.8 Å². The number of hydrogen-bond donors (Lipinski definition) is 1. The molecule has 0 aliphatic rings. The van der Waals surface area contributed by atoms with E-state index < -0.39 is 0 Å². The summed E-state index contributed by atoms with van der Waals surface area (Å²) in [5, 5.41) is 16.3. The van der Waals surface area contributed by atoms with E-state index in [-0.39, 0.29) is 0 Å². The first-order valence-corrected chi connectivity index (χ1v) is 6.56. The van der Waals surface area contributed by atoms with Crippen molar-refractivity contribution in [2.75, 3.05) is 0 Å². The molecule has 0 saturated heterocycles. The molecule has 0 aliphatic carbocycles. The van der Waals surface area contributed by atoms with Crippen LogP contribution in [0, 0.1) is 8.91 Å². The first-order chi connectivity index (χ1) is 8.79. The zero-order valence-electron chi connectivity index (χ0n) is 9.38. The van der Waals surface area contributed by atoms with Crippen LogP contribution < -0.4 is 5.48 Å². The van der Waals surface area contributed by atoms with Gasteiger partial charge in [-0.3, -0.25) is 0 Å². The lowest BCUT2D eigenvalue weighted by Crippen LogP contribution is -2.70. The quantitative estimate of drug-likeness (QED) is 0.438. The minimum absolute atomic E-state index is 0.671. The molecule has 1 aromatic heterocycles. The maximum atomic E-state index is 10.6. The van der Waals surface area contributed by atoms with Gasteiger partial charge in [0.2, 0.25) is 0 Å². The summed E-state index contributed by atoms with van der Waals surface area (Å²) in [5.74, 6) is 0. The summed E-state index contributed by atoms with van der Waals surface area (Å²) < 4.78 is 2.87. The van der Waals surface area contributed by atoms with Crippen molar-refractivity contribution in [3.8, 4) is 5.69 Å². The molecule has 0 radical (unpaired) electrons. The number of benzene rings is 2. The van der Waals surface area contributed by atoms with E-state index in [4.69, 9.17) is 0 Å². The molecule has 5 heteroatoms. The molecule has 0 spiro atoms. The molecule has 3 aromatic rings. The molecule has 0 amide bonds. The van der Waals surface area contributed by atoms with Crippen molar-refractivity contribution in [1.29, 1.82) is 0 Å². The molecule has 0 unspecified atom stereocenters. The van der Waals surface area contributed by atoms with Crippen LogP contribution >= 0.6 is 22.6 Å². The van der Waals surface area contributed by atoms with Gasteiger partial charge in [-0.05, 0) is 40.8 Å². The molecule has 4 nitrogen and oxygen atoms in total. The predicted octanol–water partition coefficient (Wildman–Crippen LogP) is 2.32. The second kappa shape index (κ2) is 4.68. The Kier molecular flexibility index (Phi) is 3.02. The Bertz CT molecular complexity index is 691. The third kappa shape index (κ3) is 1.90. The van der Waals surface area contributed by atoms with E-state index in [1.165, 1.54) is 0 Å². The Morgan fingerprint density at radius 1 is 1.06 bits per heavy atom. The number of hydrogen-bond acceptors (Lipinski definition) is 2. The van der Waals surface area contributed by atoms with Crippen molar-refractivity contribution in [3.05, 3.63) is 57.4 Å². The average molecular weight is 351 g/mol. The Balaban J connectivity index is 2.18. The third-order valence-corrected chi connectivity index (χ3v) is 3.61. The van der Waals surface area contributed by atoms with Gasteiger partial charge >= 0.3 is 0 Å². The lowest BCUT2D eigenvalue weighted by Gasteiger charge is -2.05. The molecule has 0 atom stereocenters. The monoisotopic (exact) mass is 351 g/mol. The molecule has 1 heterocycles. The smallest absolute Gasteiger partial charge is 0.131 e. The van der Waals surface area contributed by atoms with Crippen molar-refractivity contribution < 1.29 is 5.48 Å². The van der Waals surface area contributed by atoms with Gasteiger partial charge in [-0.2, -0.15) is 5.10 Å². The number of nitrogens with zero attached hydrogens (tertiary/aromatic N) is 2. The molecule has 0 fully saturated rings. The van der Waals surface area contributed by atoms with Gasteiger partial charge in [0.15, 0.2) is 0 Å². The van der Waals surface area contributed by atoms with Crippen LogP contribution in [0.2, 0.25) is 0 Å². The summed E-state index contributed by atoms with van der Waals surface area (Å²) in [4.78, 5) is 0. The lowest BCUT2D eigenvalue weighted by molar-refractivity contribution is -0.497. The van der Waals surface area contributed by atoms with Crippen LogP contribution in [0.3, 0.4) is 0 Å². The number of halogens is 1. The summed E-state index contributed by atoms with van der Waals surface area (Å²) in [6.45, 7) is 0. The van der Waals surface area contributed by atoms with Gasteiger partial charge in [0.1, 0.15) is 9.39 Å². The van der Waals surface area contributed by atoms with Crippen LogP contribution in [0.15, 0.2) is 48.5 Å². The third-order valence-electron chi connectivity index (χ3n) is 2.82. The minimum Gasteiger partial charge on any atom is -0.630 e. The van der Waals surface area contributed by atoms with E-state index >= 15 is 0 Å². The Hall–Kier alpha value is -1.44. The minimum atomic E-state index is 0.671. The van der Waals surface area contributed by atoms with Gasteiger partial charge in [0.25, 0.3) is 0 Å². The predicted molar refractivity (Wildman–Crippen MR) is 78.7 cm³/mol. The van der Waals surface area contributed by atoms with Crippen molar-refractivity contribution in [3.63, 3.8) is 0 Å². The molecule has 0 aliphatic heterocycles. The largest absolute Gasteiger partial charge is 0.630 e. The first-order valence-electron chi connectivity index (χ1n) is 5.48. The molecule has 3 rings (SSSR count). The normalized spacial score (nSPS) is 11.0. The highest BCUT2D eigenvalue weighted by Gasteiger charge is 2.08. The van der Waals surface area contributed by atoms with E-state index in [0.717, 1.165) is 25.8 Å². The van der Waals surface area contributed by atoms with Crippen LogP contribution in [0.25, 0.3) is 16.6 Å². The molecule has 0 saturated carbocycles. The Morgan fingerprint density at radius 2 is 1.78 bits per heavy atom. The lowest BCUT2D eigenvalue weighted by atomic mass is 10.2. The fourth-order valence-corrected chi connectivity index (χ4v) is 2.59. The number of nitrogens with two attached hydrogens (primary N) is 1. The van der Waals surface area contributed by atoms with Gasteiger partial charge in [-0.15, -0.1) is 0 Å². The molecule has 2 N–H and O–H groups in total. The number of fused-ring (bicyclic) bond motifs is 1. The molecular formula is C13H10IN3O. The molecule has 90 valence electrons. The molecule has 2 aromatic carbocycles. The van der Waals surface area contributed by atoms with Gasteiger partial charge < -0.3 is 10.7 Å². The van der Waals surface area contributed by atoms with Gasteiger partial charge in [0.05, 0.1) is 11.2 Å². The van der Waals surface area contributed by atoms with Crippen molar-refractivity contribution in [2.45, 2.75) is 0 Å². The van der Waals surface area contributed by atoms with E-state index in [9.17, 15) is 5.21 Å². The zero-order chi connectivity index (χ0) is 12.5.